The van der Waals surface area contributed by atoms with Crippen molar-refractivity contribution in [3.05, 3.63) is 0 Å². The third-order valence-corrected chi connectivity index (χ3v) is 19.9. The third-order valence-electron chi connectivity index (χ3n) is 18.0. The smallest absolute Gasteiger partial charge is 0.462 e. The standard InChI is InChI=1S/C76H148O17P2/c1-8-10-11-40-50-57-73(78)86-63-71(92-76(81)60-53-46-39-33-32-36-43-49-56-69(7)9-2)65-90-94(82,83)88-61-70(77)62-89-95(84,85)91-66-72(64-87-74(79)58-51-44-37-30-26-22-19-18-21-25-29-35-42-48-55-68(5)6)93-75(80)59-52-45-38-31-27-23-17-15-13-12-14-16-20-24-28-34-41-47-54-67(3)4/h67-72,77H,8-66H2,1-7H3,(H,82,83)(H,84,85)/t69?,70-,71+,72+/m0/s1. The number of carbonyl (C=O) groups is 4. The summed E-state index contributed by atoms with van der Waals surface area (Å²) in [7, 11) is -9.90. The summed E-state index contributed by atoms with van der Waals surface area (Å²) in [5.41, 5.74) is 0. The Labute approximate surface area is 581 Å². The van der Waals surface area contributed by atoms with Crippen molar-refractivity contribution in [2.45, 2.75) is 407 Å². The minimum Gasteiger partial charge on any atom is -0.462 e. The van der Waals surface area contributed by atoms with Crippen LogP contribution in [-0.2, 0) is 65.4 Å². The van der Waals surface area contributed by atoms with Gasteiger partial charge in [0.25, 0.3) is 0 Å². The van der Waals surface area contributed by atoms with Crippen LogP contribution in [0.3, 0.4) is 0 Å². The SMILES string of the molecule is CCCCCCCC(=O)OC[C@H](COP(=O)(O)OC[C@H](O)COP(=O)(O)OC[C@@H](COC(=O)CCCCCCCCCCCCCCCCC(C)C)OC(=O)CCCCCCCCCCCCCCCCCCCCC(C)C)OC(=O)CCCCCCCCCCC(C)CC. The zero-order valence-electron chi connectivity index (χ0n) is 62.1. The average molecular weight is 1400 g/mol. The number of rotatable bonds is 74. The molecule has 3 unspecified atom stereocenters. The van der Waals surface area contributed by atoms with Crippen LogP contribution < -0.4 is 0 Å². The molecule has 0 saturated heterocycles. The van der Waals surface area contributed by atoms with Gasteiger partial charge in [-0.2, -0.15) is 0 Å². The number of carbonyl (C=O) groups excluding carboxylic acids is 4. The summed E-state index contributed by atoms with van der Waals surface area (Å²) < 4.78 is 68.3. The molecule has 0 aliphatic rings. The van der Waals surface area contributed by atoms with Gasteiger partial charge in [-0.3, -0.25) is 37.3 Å². The highest BCUT2D eigenvalue weighted by molar-refractivity contribution is 7.47. The Morgan fingerprint density at radius 3 is 0.800 bits per heavy atom. The summed E-state index contributed by atoms with van der Waals surface area (Å²) in [4.78, 5) is 72.5. The van der Waals surface area contributed by atoms with E-state index in [1.165, 1.54) is 193 Å². The second-order valence-electron chi connectivity index (χ2n) is 28.6. The van der Waals surface area contributed by atoms with Crippen LogP contribution in [0.25, 0.3) is 0 Å². The molecule has 0 saturated carbocycles. The van der Waals surface area contributed by atoms with Crippen LogP contribution in [-0.4, -0.2) is 96.7 Å². The second-order valence-corrected chi connectivity index (χ2v) is 31.5. The zero-order chi connectivity index (χ0) is 70.1. The molecule has 0 heterocycles. The molecule has 0 rings (SSSR count). The van der Waals surface area contributed by atoms with E-state index in [0.29, 0.717) is 25.7 Å². The summed E-state index contributed by atoms with van der Waals surface area (Å²) in [6.07, 6.45) is 53.2. The Kier molecular flexibility index (Phi) is 65.2. The van der Waals surface area contributed by atoms with Crippen molar-refractivity contribution in [2.75, 3.05) is 39.6 Å². The molecule has 0 radical (unpaired) electrons. The number of esters is 4. The molecular weight excluding hydrogens is 1250 g/mol. The van der Waals surface area contributed by atoms with Crippen molar-refractivity contribution in [1.82, 2.24) is 0 Å². The van der Waals surface area contributed by atoms with Crippen LogP contribution in [0.4, 0.5) is 0 Å². The van der Waals surface area contributed by atoms with Gasteiger partial charge < -0.3 is 33.8 Å². The van der Waals surface area contributed by atoms with Gasteiger partial charge in [-0.25, -0.2) is 9.13 Å². The normalized spacial score (nSPS) is 14.4. The number of phosphoric ester groups is 2. The monoisotopic (exact) mass is 1400 g/mol. The molecular formula is C76H148O17P2. The van der Waals surface area contributed by atoms with E-state index in [1.807, 2.05) is 0 Å². The van der Waals surface area contributed by atoms with E-state index in [4.69, 9.17) is 37.0 Å². The van der Waals surface area contributed by atoms with E-state index in [9.17, 15) is 43.2 Å². The first-order valence-corrected chi connectivity index (χ1v) is 42.4. The number of ether oxygens (including phenoxy) is 4. The van der Waals surface area contributed by atoms with Crippen LogP contribution in [0.15, 0.2) is 0 Å². The molecule has 564 valence electrons. The topological polar surface area (TPSA) is 237 Å². The number of unbranched alkanes of at least 4 members (excludes halogenated alkanes) is 41. The fraction of sp³-hybridized carbons (Fsp3) is 0.947. The zero-order valence-corrected chi connectivity index (χ0v) is 63.9. The van der Waals surface area contributed by atoms with E-state index >= 15 is 0 Å². The van der Waals surface area contributed by atoms with Crippen molar-refractivity contribution in [3.63, 3.8) is 0 Å². The van der Waals surface area contributed by atoms with Gasteiger partial charge in [-0.05, 0) is 43.4 Å². The Bertz CT molecular complexity index is 1850. The molecule has 0 aromatic heterocycles. The molecule has 0 spiro atoms. The van der Waals surface area contributed by atoms with Gasteiger partial charge in [-0.1, -0.05) is 337 Å². The van der Waals surface area contributed by atoms with Crippen molar-refractivity contribution in [3.8, 4) is 0 Å². The van der Waals surface area contributed by atoms with Crippen LogP contribution in [0.5, 0.6) is 0 Å². The van der Waals surface area contributed by atoms with Gasteiger partial charge in [0.05, 0.1) is 26.4 Å². The summed E-state index contributed by atoms with van der Waals surface area (Å²) in [5.74, 6) is 0.259. The summed E-state index contributed by atoms with van der Waals surface area (Å²) in [5, 5.41) is 10.6. The average Bonchev–Trinajstić information content (AvgIpc) is 2.02. The van der Waals surface area contributed by atoms with Gasteiger partial charge in [0.1, 0.15) is 19.3 Å². The lowest BCUT2D eigenvalue weighted by atomic mass is 9.99. The molecule has 0 bridgehead atoms. The van der Waals surface area contributed by atoms with E-state index in [1.54, 1.807) is 0 Å². The molecule has 0 aromatic rings. The van der Waals surface area contributed by atoms with Crippen LogP contribution in [0, 0.1) is 17.8 Å². The summed E-state index contributed by atoms with van der Waals surface area (Å²) >= 11 is 0. The Hall–Kier alpha value is -1.94. The highest BCUT2D eigenvalue weighted by Gasteiger charge is 2.30. The first kappa shape index (κ1) is 93.1. The summed E-state index contributed by atoms with van der Waals surface area (Å²) in [6.45, 7) is 11.9. The second kappa shape index (κ2) is 66.6. The Morgan fingerprint density at radius 1 is 0.305 bits per heavy atom. The summed E-state index contributed by atoms with van der Waals surface area (Å²) in [6, 6.07) is 0. The largest absolute Gasteiger partial charge is 0.472 e. The number of phosphoric acid groups is 2. The lowest BCUT2D eigenvalue weighted by molar-refractivity contribution is -0.161. The number of aliphatic hydroxyl groups excluding tert-OH is 1. The predicted molar refractivity (Wildman–Crippen MR) is 386 cm³/mol. The molecule has 0 amide bonds. The molecule has 0 aliphatic heterocycles. The first-order valence-electron chi connectivity index (χ1n) is 39.4. The fourth-order valence-electron chi connectivity index (χ4n) is 11.6. The first-order chi connectivity index (χ1) is 45.8. The molecule has 0 aromatic carbocycles. The quantitative estimate of drug-likeness (QED) is 0.0222. The van der Waals surface area contributed by atoms with Gasteiger partial charge >= 0.3 is 39.5 Å². The molecule has 17 nitrogen and oxygen atoms in total. The number of aliphatic hydroxyl groups is 1. The van der Waals surface area contributed by atoms with Crippen LogP contribution in [0.1, 0.15) is 389 Å². The van der Waals surface area contributed by atoms with Gasteiger partial charge in [0, 0.05) is 25.7 Å². The van der Waals surface area contributed by atoms with Gasteiger partial charge in [0.2, 0.25) is 0 Å². The van der Waals surface area contributed by atoms with E-state index in [2.05, 4.69) is 48.5 Å². The number of hydrogen-bond acceptors (Lipinski definition) is 15. The van der Waals surface area contributed by atoms with Crippen molar-refractivity contribution in [2.24, 2.45) is 17.8 Å². The van der Waals surface area contributed by atoms with E-state index in [-0.39, 0.29) is 25.7 Å². The minimum atomic E-state index is -4.96. The predicted octanol–water partition coefficient (Wildman–Crippen LogP) is 22.2. The van der Waals surface area contributed by atoms with Crippen molar-refractivity contribution < 1.29 is 80.2 Å². The molecule has 0 aliphatic carbocycles. The molecule has 0 fully saturated rings. The lowest BCUT2D eigenvalue weighted by Gasteiger charge is -2.21. The molecule has 19 heteroatoms. The molecule has 6 atom stereocenters. The van der Waals surface area contributed by atoms with Crippen molar-refractivity contribution >= 4 is 39.5 Å². The maximum absolute atomic E-state index is 13.1. The number of hydrogen-bond donors (Lipinski definition) is 3. The molecule has 95 heavy (non-hydrogen) atoms. The highest BCUT2D eigenvalue weighted by Crippen LogP contribution is 2.45. The third kappa shape index (κ3) is 69.0. The fourth-order valence-corrected chi connectivity index (χ4v) is 13.1. The van der Waals surface area contributed by atoms with Crippen LogP contribution in [0.2, 0.25) is 0 Å². The van der Waals surface area contributed by atoms with E-state index < -0.39 is 97.5 Å². The van der Waals surface area contributed by atoms with Gasteiger partial charge in [0.15, 0.2) is 12.2 Å². The van der Waals surface area contributed by atoms with Crippen LogP contribution >= 0.6 is 15.6 Å². The highest BCUT2D eigenvalue weighted by atomic mass is 31.2. The Balaban J connectivity index is 5.13. The minimum absolute atomic E-state index is 0.104. The lowest BCUT2D eigenvalue weighted by Crippen LogP contribution is -2.30. The van der Waals surface area contributed by atoms with E-state index in [0.717, 1.165) is 114 Å². The maximum Gasteiger partial charge on any atom is 0.472 e. The Morgan fingerprint density at radius 2 is 0.537 bits per heavy atom. The molecule has 3 N–H and O–H groups in total. The maximum atomic E-state index is 13.1. The van der Waals surface area contributed by atoms with Gasteiger partial charge in [-0.15, -0.1) is 0 Å². The van der Waals surface area contributed by atoms with Crippen molar-refractivity contribution in [1.29, 1.82) is 0 Å².